The molecule has 23 heavy (non-hydrogen) atoms. The predicted molar refractivity (Wildman–Crippen MR) is 81.4 cm³/mol. The van der Waals surface area contributed by atoms with Gasteiger partial charge in [-0.05, 0) is 58.2 Å². The summed E-state index contributed by atoms with van der Waals surface area (Å²) in [6.45, 7) is 8.91. The van der Waals surface area contributed by atoms with Gasteiger partial charge in [0.15, 0.2) is 5.60 Å². The van der Waals surface area contributed by atoms with E-state index in [0.29, 0.717) is 23.7 Å². The van der Waals surface area contributed by atoms with Crippen molar-refractivity contribution in [1.29, 1.82) is 0 Å². The second kappa shape index (κ2) is 6.03. The molecule has 0 radical (unpaired) electrons. The quantitative estimate of drug-likeness (QED) is 0.842. The number of rotatable bonds is 2. The van der Waals surface area contributed by atoms with Gasteiger partial charge in [-0.3, -0.25) is 5.32 Å². The molecule has 0 aliphatic heterocycles. The molecule has 0 saturated carbocycles. The van der Waals surface area contributed by atoms with Crippen LogP contribution in [0.25, 0.3) is 0 Å². The molecule has 0 spiro atoms. The molecule has 0 fully saturated rings. The van der Waals surface area contributed by atoms with Gasteiger partial charge in [-0.2, -0.15) is 13.2 Å². The highest BCUT2D eigenvalue weighted by atomic mass is 19.4. The van der Waals surface area contributed by atoms with Crippen LogP contribution in [0.15, 0.2) is 12.1 Å². The first-order chi connectivity index (χ1) is 10.1. The SMILES string of the molecule is Cc1cc(C(C)(O)C(F)(F)F)cc(C)c1NC(=O)OC(C)(C)C. The molecule has 0 aromatic heterocycles. The van der Waals surface area contributed by atoms with Crippen molar-refractivity contribution < 1.29 is 27.8 Å². The van der Waals surface area contributed by atoms with Crippen LogP contribution >= 0.6 is 0 Å². The number of hydrogen-bond donors (Lipinski definition) is 2. The Hall–Kier alpha value is -1.76. The van der Waals surface area contributed by atoms with Gasteiger partial charge < -0.3 is 9.84 Å². The van der Waals surface area contributed by atoms with Crippen LogP contribution in [-0.2, 0) is 10.3 Å². The number of carbonyl (C=O) groups is 1. The van der Waals surface area contributed by atoms with E-state index in [4.69, 9.17) is 4.74 Å². The summed E-state index contributed by atoms with van der Waals surface area (Å²) >= 11 is 0. The third-order valence-corrected chi connectivity index (χ3v) is 3.27. The van der Waals surface area contributed by atoms with Gasteiger partial charge in [-0.1, -0.05) is 12.1 Å². The van der Waals surface area contributed by atoms with E-state index in [9.17, 15) is 23.1 Å². The number of anilines is 1. The van der Waals surface area contributed by atoms with Crippen LogP contribution in [0.2, 0.25) is 0 Å². The highest BCUT2D eigenvalue weighted by molar-refractivity contribution is 5.87. The smallest absolute Gasteiger partial charge is 0.421 e. The molecule has 1 aromatic carbocycles. The Labute approximate surface area is 133 Å². The van der Waals surface area contributed by atoms with Gasteiger partial charge in [0.1, 0.15) is 5.60 Å². The van der Waals surface area contributed by atoms with E-state index >= 15 is 0 Å². The summed E-state index contributed by atoms with van der Waals surface area (Å²) in [6, 6.07) is 2.40. The van der Waals surface area contributed by atoms with E-state index in [1.165, 1.54) is 12.1 Å². The summed E-state index contributed by atoms with van der Waals surface area (Å²) in [6.07, 6.45) is -5.49. The number of carbonyl (C=O) groups excluding carboxylic acids is 1. The topological polar surface area (TPSA) is 58.6 Å². The van der Waals surface area contributed by atoms with Gasteiger partial charge in [0, 0.05) is 5.69 Å². The summed E-state index contributed by atoms with van der Waals surface area (Å²) in [5.74, 6) is 0. The molecule has 1 atom stereocenters. The normalized spacial score (nSPS) is 15.0. The Morgan fingerprint density at radius 1 is 1.09 bits per heavy atom. The highest BCUT2D eigenvalue weighted by Gasteiger charge is 2.51. The molecule has 0 aliphatic rings. The van der Waals surface area contributed by atoms with Crippen molar-refractivity contribution in [2.24, 2.45) is 0 Å². The van der Waals surface area contributed by atoms with Gasteiger partial charge in [0.2, 0.25) is 0 Å². The van der Waals surface area contributed by atoms with Crippen molar-refractivity contribution in [3.63, 3.8) is 0 Å². The number of ether oxygens (including phenoxy) is 1. The molecule has 0 heterocycles. The minimum Gasteiger partial charge on any atom is -0.444 e. The van der Waals surface area contributed by atoms with Gasteiger partial charge in [0.05, 0.1) is 0 Å². The fourth-order valence-electron chi connectivity index (χ4n) is 2.01. The number of nitrogens with one attached hydrogen (secondary N) is 1. The lowest BCUT2D eigenvalue weighted by Gasteiger charge is -2.28. The predicted octanol–water partition coefficient (Wildman–Crippen LogP) is 4.42. The van der Waals surface area contributed by atoms with Crippen molar-refractivity contribution in [1.82, 2.24) is 0 Å². The minimum atomic E-state index is -4.80. The van der Waals surface area contributed by atoms with Crippen LogP contribution < -0.4 is 5.32 Å². The molecule has 130 valence electrons. The molecule has 1 aromatic rings. The molecule has 7 heteroatoms. The van der Waals surface area contributed by atoms with Gasteiger partial charge in [-0.15, -0.1) is 0 Å². The first-order valence-corrected chi connectivity index (χ1v) is 7.06. The van der Waals surface area contributed by atoms with Crippen LogP contribution in [0.1, 0.15) is 44.4 Å². The first-order valence-electron chi connectivity index (χ1n) is 7.06. The van der Waals surface area contributed by atoms with Gasteiger partial charge >= 0.3 is 12.3 Å². The molecule has 0 saturated heterocycles. The van der Waals surface area contributed by atoms with Crippen molar-refractivity contribution in [2.75, 3.05) is 5.32 Å². The van der Waals surface area contributed by atoms with Crippen molar-refractivity contribution in [3.8, 4) is 0 Å². The molecular formula is C16H22F3NO3. The van der Waals surface area contributed by atoms with E-state index in [2.05, 4.69) is 5.32 Å². The summed E-state index contributed by atoms with van der Waals surface area (Å²) in [4.78, 5) is 11.8. The monoisotopic (exact) mass is 333 g/mol. The minimum absolute atomic E-state index is 0.283. The lowest BCUT2D eigenvalue weighted by Crippen LogP contribution is -2.39. The first kappa shape index (κ1) is 19.3. The van der Waals surface area contributed by atoms with Gasteiger partial charge in [-0.25, -0.2) is 4.79 Å². The number of benzene rings is 1. The lowest BCUT2D eigenvalue weighted by atomic mass is 9.91. The lowest BCUT2D eigenvalue weighted by molar-refractivity contribution is -0.258. The largest absolute Gasteiger partial charge is 0.444 e. The van der Waals surface area contributed by atoms with Crippen molar-refractivity contribution >= 4 is 11.8 Å². The van der Waals surface area contributed by atoms with Crippen LogP contribution in [0, 0.1) is 13.8 Å². The van der Waals surface area contributed by atoms with Crippen molar-refractivity contribution in [2.45, 2.75) is 58.9 Å². The molecule has 4 nitrogen and oxygen atoms in total. The fourth-order valence-corrected chi connectivity index (χ4v) is 2.01. The van der Waals surface area contributed by atoms with Crippen LogP contribution in [0.4, 0.5) is 23.7 Å². The molecule has 0 bridgehead atoms. The molecule has 2 N–H and O–H groups in total. The Kier molecular flexibility index (Phi) is 5.06. The van der Waals surface area contributed by atoms with E-state index in [-0.39, 0.29) is 5.56 Å². The molecule has 0 aliphatic carbocycles. The Bertz CT molecular complexity index is 579. The molecule has 1 unspecified atom stereocenters. The average Bonchev–Trinajstić information content (AvgIpc) is 2.29. The Balaban J connectivity index is 3.15. The van der Waals surface area contributed by atoms with Crippen molar-refractivity contribution in [3.05, 3.63) is 28.8 Å². The van der Waals surface area contributed by atoms with Gasteiger partial charge in [0.25, 0.3) is 0 Å². The summed E-state index contributed by atoms with van der Waals surface area (Å²) in [5, 5.41) is 12.3. The zero-order chi connectivity index (χ0) is 18.2. The molecular weight excluding hydrogens is 311 g/mol. The standard InChI is InChI=1S/C16H22F3NO3/c1-9-7-11(15(6,22)16(17,18)19)8-10(2)12(9)20-13(21)23-14(3,4)5/h7-8,22H,1-6H3,(H,20,21). The number of aryl methyl sites for hydroxylation is 2. The zero-order valence-electron chi connectivity index (χ0n) is 14.1. The second-order valence-electron chi connectivity index (χ2n) is 6.68. The van der Waals surface area contributed by atoms with Crippen LogP contribution in [0.3, 0.4) is 0 Å². The fraction of sp³-hybridized carbons (Fsp3) is 0.562. The molecule has 1 amide bonds. The molecule has 1 rings (SSSR count). The summed E-state index contributed by atoms with van der Waals surface area (Å²) in [7, 11) is 0. The maximum Gasteiger partial charge on any atom is 0.421 e. The second-order valence-corrected chi connectivity index (χ2v) is 6.68. The number of halogens is 3. The zero-order valence-corrected chi connectivity index (χ0v) is 14.1. The Morgan fingerprint density at radius 3 is 1.87 bits per heavy atom. The summed E-state index contributed by atoms with van der Waals surface area (Å²) < 4.78 is 43.9. The number of hydrogen-bond acceptors (Lipinski definition) is 3. The van der Waals surface area contributed by atoms with E-state index in [1.54, 1.807) is 34.6 Å². The van der Waals surface area contributed by atoms with E-state index in [1.807, 2.05) is 0 Å². The number of amides is 1. The van der Waals surface area contributed by atoms with Crippen LogP contribution in [-0.4, -0.2) is 23.0 Å². The maximum absolute atomic E-state index is 12.9. The third kappa shape index (κ3) is 4.60. The third-order valence-electron chi connectivity index (χ3n) is 3.27. The highest BCUT2D eigenvalue weighted by Crippen LogP contribution is 2.40. The summed E-state index contributed by atoms with van der Waals surface area (Å²) in [5.41, 5.74) is -2.78. The average molecular weight is 333 g/mol. The van der Waals surface area contributed by atoms with E-state index < -0.39 is 23.5 Å². The Morgan fingerprint density at radius 2 is 1.52 bits per heavy atom. The van der Waals surface area contributed by atoms with E-state index in [0.717, 1.165) is 0 Å². The van der Waals surface area contributed by atoms with Crippen LogP contribution in [0.5, 0.6) is 0 Å². The maximum atomic E-state index is 12.9. The number of aliphatic hydroxyl groups is 1. The number of alkyl halides is 3.